The predicted octanol–water partition coefficient (Wildman–Crippen LogP) is 6.84. The third-order valence-corrected chi connectivity index (χ3v) is 10.4. The van der Waals surface area contributed by atoms with Gasteiger partial charge in [-0.2, -0.15) is 0 Å². The SMILES string of the molecule is CCCNC(=O)C(Cc1ccccc1)N(Cc1ccc(Br)cc1)C(=O)CN(c1ccc(C)cc1)S(=O)(=O)c1ccc(SC)cc1. The lowest BCUT2D eigenvalue weighted by molar-refractivity contribution is -0.140. The van der Waals surface area contributed by atoms with Crippen LogP contribution < -0.4 is 9.62 Å². The van der Waals surface area contributed by atoms with Gasteiger partial charge in [-0.25, -0.2) is 8.42 Å². The number of carbonyl (C=O) groups excluding carboxylic acids is 2. The Hall–Kier alpha value is -3.60. The van der Waals surface area contributed by atoms with Crippen molar-refractivity contribution < 1.29 is 18.0 Å². The van der Waals surface area contributed by atoms with Gasteiger partial charge in [-0.05, 0) is 79.3 Å². The minimum atomic E-state index is -4.15. The normalized spacial score (nSPS) is 11.9. The lowest BCUT2D eigenvalue weighted by Gasteiger charge is -2.34. The van der Waals surface area contributed by atoms with E-state index in [0.717, 1.165) is 36.8 Å². The molecule has 236 valence electrons. The molecule has 0 heterocycles. The van der Waals surface area contributed by atoms with Crippen molar-refractivity contribution in [3.8, 4) is 0 Å². The van der Waals surface area contributed by atoms with Crippen LogP contribution in [0.2, 0.25) is 0 Å². The smallest absolute Gasteiger partial charge is 0.264 e. The van der Waals surface area contributed by atoms with E-state index in [1.807, 2.05) is 86.8 Å². The van der Waals surface area contributed by atoms with Gasteiger partial charge in [0.05, 0.1) is 10.6 Å². The number of anilines is 1. The van der Waals surface area contributed by atoms with Crippen LogP contribution in [-0.2, 0) is 32.6 Å². The Morgan fingerprint density at radius 2 is 1.51 bits per heavy atom. The first-order chi connectivity index (χ1) is 21.6. The van der Waals surface area contributed by atoms with Crippen molar-refractivity contribution in [2.24, 2.45) is 0 Å². The largest absolute Gasteiger partial charge is 0.354 e. The summed E-state index contributed by atoms with van der Waals surface area (Å²) in [5.74, 6) is -0.779. The van der Waals surface area contributed by atoms with Crippen LogP contribution in [0, 0.1) is 6.92 Å². The first kappa shape index (κ1) is 34.3. The van der Waals surface area contributed by atoms with Crippen molar-refractivity contribution in [3.05, 3.63) is 124 Å². The van der Waals surface area contributed by atoms with Crippen LogP contribution in [0.3, 0.4) is 0 Å². The molecular weight excluding hydrogens is 670 g/mol. The molecule has 0 aromatic heterocycles. The van der Waals surface area contributed by atoms with E-state index < -0.39 is 28.5 Å². The van der Waals surface area contributed by atoms with Crippen molar-refractivity contribution in [1.29, 1.82) is 0 Å². The van der Waals surface area contributed by atoms with Crippen molar-refractivity contribution in [2.45, 2.75) is 49.1 Å². The third-order valence-electron chi connectivity index (χ3n) is 7.33. The lowest BCUT2D eigenvalue weighted by atomic mass is 10.0. The molecule has 1 N–H and O–H groups in total. The zero-order valence-electron chi connectivity index (χ0n) is 25.6. The average molecular weight is 709 g/mol. The van der Waals surface area contributed by atoms with Gasteiger partial charge >= 0.3 is 0 Å². The Morgan fingerprint density at radius 1 is 0.867 bits per heavy atom. The van der Waals surface area contributed by atoms with Crippen LogP contribution in [0.5, 0.6) is 0 Å². The Bertz CT molecular complexity index is 1670. The minimum absolute atomic E-state index is 0.0784. The summed E-state index contributed by atoms with van der Waals surface area (Å²) in [5, 5.41) is 2.97. The van der Waals surface area contributed by atoms with Crippen LogP contribution in [0.1, 0.15) is 30.0 Å². The van der Waals surface area contributed by atoms with Gasteiger partial charge in [0.25, 0.3) is 10.0 Å². The highest BCUT2D eigenvalue weighted by Crippen LogP contribution is 2.27. The van der Waals surface area contributed by atoms with Crippen molar-refractivity contribution in [1.82, 2.24) is 10.2 Å². The number of benzene rings is 4. The Labute approximate surface area is 279 Å². The van der Waals surface area contributed by atoms with Crippen molar-refractivity contribution in [3.63, 3.8) is 0 Å². The predicted molar refractivity (Wildman–Crippen MR) is 186 cm³/mol. The van der Waals surface area contributed by atoms with E-state index in [9.17, 15) is 18.0 Å². The third kappa shape index (κ3) is 9.22. The number of amides is 2. The molecule has 0 bridgehead atoms. The number of aryl methyl sites for hydroxylation is 1. The summed E-state index contributed by atoms with van der Waals surface area (Å²) in [6.45, 7) is 3.97. The molecule has 4 aromatic rings. The summed E-state index contributed by atoms with van der Waals surface area (Å²) < 4.78 is 30.4. The molecule has 0 fully saturated rings. The van der Waals surface area contributed by atoms with Crippen molar-refractivity contribution in [2.75, 3.05) is 23.7 Å². The fourth-order valence-corrected chi connectivity index (χ4v) is 6.91. The molecule has 0 radical (unpaired) electrons. The summed E-state index contributed by atoms with van der Waals surface area (Å²) in [5.41, 5.74) is 3.02. The molecule has 45 heavy (non-hydrogen) atoms. The Balaban J connectivity index is 1.78. The van der Waals surface area contributed by atoms with Crippen molar-refractivity contribution >= 4 is 55.2 Å². The number of thioether (sulfide) groups is 1. The molecule has 1 atom stereocenters. The van der Waals surface area contributed by atoms with E-state index in [4.69, 9.17) is 0 Å². The van der Waals surface area contributed by atoms with Gasteiger partial charge in [-0.3, -0.25) is 13.9 Å². The van der Waals surface area contributed by atoms with Gasteiger partial charge in [-0.15, -0.1) is 11.8 Å². The number of sulfonamides is 1. The number of halogens is 1. The van der Waals surface area contributed by atoms with Crippen LogP contribution in [-0.4, -0.2) is 50.5 Å². The van der Waals surface area contributed by atoms with Gasteiger partial charge in [0.2, 0.25) is 11.8 Å². The standard InChI is InChI=1S/C35H38BrN3O4S2/c1-4-22-37-35(41)33(23-27-8-6-5-7-9-27)38(24-28-12-14-29(36)15-13-28)34(40)25-39(30-16-10-26(2)11-17-30)45(42,43)32-20-18-31(44-3)19-21-32/h5-21,33H,4,22-25H2,1-3H3,(H,37,41). The van der Waals surface area contributed by atoms with Crippen LogP contribution in [0.4, 0.5) is 5.69 Å². The summed E-state index contributed by atoms with van der Waals surface area (Å²) in [6.07, 6.45) is 2.93. The van der Waals surface area contributed by atoms with E-state index in [0.29, 0.717) is 12.2 Å². The number of nitrogens with one attached hydrogen (secondary N) is 1. The molecule has 0 aliphatic heterocycles. The Morgan fingerprint density at radius 3 is 2.11 bits per heavy atom. The number of carbonyl (C=O) groups is 2. The minimum Gasteiger partial charge on any atom is -0.354 e. The molecule has 7 nitrogen and oxygen atoms in total. The summed E-state index contributed by atoms with van der Waals surface area (Å²) >= 11 is 4.98. The maximum Gasteiger partial charge on any atom is 0.264 e. The van der Waals surface area contributed by atoms with E-state index in [-0.39, 0.29) is 23.8 Å². The molecule has 0 aliphatic rings. The monoisotopic (exact) mass is 707 g/mol. The van der Waals surface area contributed by atoms with Gasteiger partial charge in [0.15, 0.2) is 0 Å². The number of hydrogen-bond acceptors (Lipinski definition) is 5. The molecule has 0 saturated heterocycles. The summed E-state index contributed by atoms with van der Waals surface area (Å²) in [7, 11) is -4.15. The second-order valence-electron chi connectivity index (χ2n) is 10.7. The second kappa shape index (κ2) is 16.1. The maximum atomic E-state index is 14.5. The van der Waals surface area contributed by atoms with E-state index in [1.165, 1.54) is 16.7 Å². The second-order valence-corrected chi connectivity index (χ2v) is 14.3. The van der Waals surface area contributed by atoms with Gasteiger partial charge in [-0.1, -0.05) is 83.0 Å². The van der Waals surface area contributed by atoms with Gasteiger partial charge in [0.1, 0.15) is 12.6 Å². The van der Waals surface area contributed by atoms with Gasteiger partial charge < -0.3 is 10.2 Å². The first-order valence-electron chi connectivity index (χ1n) is 14.7. The zero-order valence-corrected chi connectivity index (χ0v) is 28.9. The van der Waals surface area contributed by atoms with E-state index in [1.54, 1.807) is 36.4 Å². The molecule has 0 spiro atoms. The number of nitrogens with zero attached hydrogens (tertiary/aromatic N) is 2. The quantitative estimate of drug-likeness (QED) is 0.145. The molecule has 0 saturated carbocycles. The molecule has 4 aromatic carbocycles. The number of hydrogen-bond donors (Lipinski definition) is 1. The molecule has 10 heteroatoms. The Kier molecular flexibility index (Phi) is 12.3. The fraction of sp³-hybridized carbons (Fsp3) is 0.257. The van der Waals surface area contributed by atoms with Crippen LogP contribution >= 0.6 is 27.7 Å². The molecule has 1 unspecified atom stereocenters. The fourth-order valence-electron chi connectivity index (χ4n) is 4.82. The van der Waals surface area contributed by atoms with Gasteiger partial charge in [0, 0.05) is 28.9 Å². The topological polar surface area (TPSA) is 86.8 Å². The van der Waals surface area contributed by atoms with Crippen LogP contribution in [0.15, 0.2) is 117 Å². The first-order valence-corrected chi connectivity index (χ1v) is 18.2. The zero-order chi connectivity index (χ0) is 32.4. The highest BCUT2D eigenvalue weighted by molar-refractivity contribution is 9.10. The van der Waals surface area contributed by atoms with E-state index in [2.05, 4.69) is 21.2 Å². The van der Waals surface area contributed by atoms with E-state index >= 15 is 0 Å². The lowest BCUT2D eigenvalue weighted by Crippen LogP contribution is -2.53. The number of rotatable bonds is 14. The highest BCUT2D eigenvalue weighted by atomic mass is 79.9. The molecule has 2 amide bonds. The maximum absolute atomic E-state index is 14.5. The highest BCUT2D eigenvalue weighted by Gasteiger charge is 2.34. The average Bonchev–Trinajstić information content (AvgIpc) is 3.05. The van der Waals surface area contributed by atoms with Crippen LogP contribution in [0.25, 0.3) is 0 Å². The summed E-state index contributed by atoms with van der Waals surface area (Å²) in [4.78, 5) is 30.7. The summed E-state index contributed by atoms with van der Waals surface area (Å²) in [6, 6.07) is 29.8. The molecular formula is C35H38BrN3O4S2. The molecule has 4 rings (SSSR count). The molecule has 0 aliphatic carbocycles.